The normalized spacial score (nSPS) is 21.9. The van der Waals surface area contributed by atoms with Gasteiger partial charge in [-0.05, 0) is 60.6 Å². The van der Waals surface area contributed by atoms with Gasteiger partial charge in [-0.2, -0.15) is 0 Å². The highest BCUT2D eigenvalue weighted by Gasteiger charge is 2.47. The van der Waals surface area contributed by atoms with Gasteiger partial charge in [-0.3, -0.25) is 0 Å². The van der Waals surface area contributed by atoms with E-state index in [2.05, 4.69) is 52.0 Å². The van der Waals surface area contributed by atoms with Crippen LogP contribution < -0.4 is 4.74 Å². The maximum absolute atomic E-state index is 10.1. The predicted molar refractivity (Wildman–Crippen MR) is 98.8 cm³/mol. The summed E-state index contributed by atoms with van der Waals surface area (Å²) in [6.45, 7) is 10.8. The van der Waals surface area contributed by atoms with Crippen molar-refractivity contribution in [3.63, 3.8) is 0 Å². The van der Waals surface area contributed by atoms with Gasteiger partial charge in [0.2, 0.25) is 0 Å². The van der Waals surface area contributed by atoms with Crippen LogP contribution in [0.15, 0.2) is 48.7 Å². The van der Waals surface area contributed by atoms with Crippen LogP contribution in [0.25, 0.3) is 0 Å². The SMILES string of the molecule is C/C=C/Oc1cc(C)ccc1C1(C)CC(C)(C)c2ccc(O)cc21. The lowest BCUT2D eigenvalue weighted by Gasteiger charge is -2.30. The minimum atomic E-state index is -0.192. The molecule has 1 atom stereocenters. The van der Waals surface area contributed by atoms with Crippen molar-refractivity contribution in [2.45, 2.75) is 51.9 Å². The molecule has 1 N–H and O–H groups in total. The zero-order valence-electron chi connectivity index (χ0n) is 15.2. The molecule has 0 bridgehead atoms. The summed E-state index contributed by atoms with van der Waals surface area (Å²) in [5.41, 5.74) is 4.71. The Kier molecular flexibility index (Phi) is 3.95. The summed E-state index contributed by atoms with van der Waals surface area (Å²) in [5, 5.41) is 10.1. The molecule has 0 saturated carbocycles. The molecule has 3 rings (SSSR count). The van der Waals surface area contributed by atoms with E-state index in [1.807, 2.05) is 19.1 Å². The van der Waals surface area contributed by atoms with Crippen LogP contribution in [0.2, 0.25) is 0 Å². The fourth-order valence-corrected chi connectivity index (χ4v) is 4.22. The van der Waals surface area contributed by atoms with E-state index in [9.17, 15) is 5.11 Å². The molecule has 2 aromatic rings. The number of aromatic hydroxyl groups is 1. The van der Waals surface area contributed by atoms with E-state index in [1.54, 1.807) is 12.3 Å². The van der Waals surface area contributed by atoms with Gasteiger partial charge in [0, 0.05) is 11.0 Å². The quantitative estimate of drug-likeness (QED) is 0.745. The van der Waals surface area contributed by atoms with E-state index in [-0.39, 0.29) is 10.8 Å². The summed E-state index contributed by atoms with van der Waals surface area (Å²) in [6.07, 6.45) is 4.60. The number of phenols is 1. The molecule has 0 amide bonds. The highest BCUT2D eigenvalue weighted by molar-refractivity contribution is 5.57. The van der Waals surface area contributed by atoms with E-state index in [0.29, 0.717) is 5.75 Å². The zero-order chi connectivity index (χ0) is 17.5. The second kappa shape index (κ2) is 5.70. The summed E-state index contributed by atoms with van der Waals surface area (Å²) in [7, 11) is 0. The van der Waals surface area contributed by atoms with Crippen molar-refractivity contribution in [3.8, 4) is 11.5 Å². The Labute approximate surface area is 144 Å². The molecule has 0 radical (unpaired) electrons. The summed E-state index contributed by atoms with van der Waals surface area (Å²) < 4.78 is 5.92. The summed E-state index contributed by atoms with van der Waals surface area (Å²) in [5.74, 6) is 1.21. The number of ether oxygens (including phenoxy) is 1. The van der Waals surface area contributed by atoms with Gasteiger partial charge in [-0.15, -0.1) is 0 Å². The first-order chi connectivity index (χ1) is 11.3. The topological polar surface area (TPSA) is 29.5 Å². The van der Waals surface area contributed by atoms with Gasteiger partial charge in [0.15, 0.2) is 0 Å². The first-order valence-electron chi connectivity index (χ1n) is 8.51. The number of phenolic OH excluding ortho intramolecular Hbond substituents is 1. The monoisotopic (exact) mass is 322 g/mol. The average molecular weight is 322 g/mol. The molecule has 126 valence electrons. The third-order valence-electron chi connectivity index (χ3n) is 5.18. The molecule has 2 nitrogen and oxygen atoms in total. The van der Waals surface area contributed by atoms with Crippen LogP contribution >= 0.6 is 0 Å². The average Bonchev–Trinajstić information content (AvgIpc) is 2.72. The van der Waals surface area contributed by atoms with Crippen molar-refractivity contribution in [1.82, 2.24) is 0 Å². The van der Waals surface area contributed by atoms with Gasteiger partial charge in [-0.1, -0.05) is 45.0 Å². The number of aryl methyl sites for hydroxylation is 1. The van der Waals surface area contributed by atoms with Crippen LogP contribution in [0.5, 0.6) is 11.5 Å². The number of hydrogen-bond acceptors (Lipinski definition) is 2. The van der Waals surface area contributed by atoms with Gasteiger partial charge in [0.05, 0.1) is 6.26 Å². The Morgan fingerprint density at radius 3 is 2.42 bits per heavy atom. The number of fused-ring (bicyclic) bond motifs is 1. The molecule has 0 heterocycles. The van der Waals surface area contributed by atoms with Crippen LogP contribution in [0.3, 0.4) is 0 Å². The van der Waals surface area contributed by atoms with Gasteiger partial charge in [-0.25, -0.2) is 0 Å². The lowest BCUT2D eigenvalue weighted by atomic mass is 9.74. The first-order valence-corrected chi connectivity index (χ1v) is 8.51. The fraction of sp³-hybridized carbons (Fsp3) is 0.364. The standard InChI is InChI=1S/C22H26O2/c1-6-11-24-20-12-15(2)7-9-18(20)22(5)14-21(3,4)17-10-8-16(23)13-19(17)22/h6-13,23H,14H2,1-5H3/b11-6+. The number of rotatable bonds is 3. The molecule has 0 spiro atoms. The van der Waals surface area contributed by atoms with Crippen LogP contribution in [0, 0.1) is 6.92 Å². The Bertz CT molecular complexity index is 802. The van der Waals surface area contributed by atoms with Gasteiger partial charge in [0.1, 0.15) is 11.5 Å². The molecule has 2 aromatic carbocycles. The predicted octanol–water partition coefficient (Wildman–Crippen LogP) is 5.60. The van der Waals surface area contributed by atoms with Crippen molar-refractivity contribution < 1.29 is 9.84 Å². The third-order valence-corrected chi connectivity index (χ3v) is 5.18. The molecule has 0 fully saturated rings. The Balaban J connectivity index is 2.22. The number of benzene rings is 2. The minimum absolute atomic E-state index is 0.0561. The van der Waals surface area contributed by atoms with Crippen molar-refractivity contribution in [2.24, 2.45) is 0 Å². The number of allylic oxidation sites excluding steroid dienone is 1. The molecule has 0 aliphatic heterocycles. The molecule has 0 saturated heterocycles. The molecule has 2 heteroatoms. The maximum Gasteiger partial charge on any atom is 0.130 e. The molecular weight excluding hydrogens is 296 g/mol. The van der Waals surface area contributed by atoms with Gasteiger partial charge < -0.3 is 9.84 Å². The summed E-state index contributed by atoms with van der Waals surface area (Å²) in [6, 6.07) is 12.2. The molecule has 0 aromatic heterocycles. The van der Waals surface area contributed by atoms with Crippen molar-refractivity contribution in [3.05, 3.63) is 71.0 Å². The maximum atomic E-state index is 10.1. The highest BCUT2D eigenvalue weighted by Crippen LogP contribution is 2.55. The van der Waals surface area contributed by atoms with Crippen molar-refractivity contribution >= 4 is 0 Å². The zero-order valence-corrected chi connectivity index (χ0v) is 15.2. The van der Waals surface area contributed by atoms with Crippen LogP contribution in [-0.2, 0) is 10.8 Å². The summed E-state index contributed by atoms with van der Waals surface area (Å²) >= 11 is 0. The first kappa shape index (κ1) is 16.6. The van der Waals surface area contributed by atoms with Gasteiger partial charge >= 0.3 is 0 Å². The van der Waals surface area contributed by atoms with E-state index in [1.165, 1.54) is 22.3 Å². The van der Waals surface area contributed by atoms with Gasteiger partial charge in [0.25, 0.3) is 0 Å². The molecule has 1 aliphatic rings. The third kappa shape index (κ3) is 2.60. The summed E-state index contributed by atoms with van der Waals surface area (Å²) in [4.78, 5) is 0. The highest BCUT2D eigenvalue weighted by atomic mass is 16.5. The Hall–Kier alpha value is -2.22. The lowest BCUT2D eigenvalue weighted by molar-refractivity contribution is 0.403. The largest absolute Gasteiger partial charge is 0.508 e. The lowest BCUT2D eigenvalue weighted by Crippen LogP contribution is -2.24. The van der Waals surface area contributed by atoms with Crippen LogP contribution in [0.1, 0.15) is 56.4 Å². The second-order valence-electron chi connectivity index (χ2n) is 7.71. The fourth-order valence-electron chi connectivity index (χ4n) is 4.22. The molecule has 1 aliphatic carbocycles. The van der Waals surface area contributed by atoms with Crippen LogP contribution in [0.4, 0.5) is 0 Å². The Morgan fingerprint density at radius 2 is 1.71 bits per heavy atom. The van der Waals surface area contributed by atoms with E-state index in [4.69, 9.17) is 4.74 Å². The Morgan fingerprint density at radius 1 is 1.00 bits per heavy atom. The molecular formula is C22H26O2. The van der Waals surface area contributed by atoms with E-state index in [0.717, 1.165) is 12.2 Å². The van der Waals surface area contributed by atoms with E-state index >= 15 is 0 Å². The number of hydrogen-bond donors (Lipinski definition) is 1. The molecule has 24 heavy (non-hydrogen) atoms. The van der Waals surface area contributed by atoms with Crippen LogP contribution in [-0.4, -0.2) is 5.11 Å². The van der Waals surface area contributed by atoms with Crippen molar-refractivity contribution in [1.29, 1.82) is 0 Å². The van der Waals surface area contributed by atoms with Crippen molar-refractivity contribution in [2.75, 3.05) is 0 Å². The smallest absolute Gasteiger partial charge is 0.130 e. The minimum Gasteiger partial charge on any atom is -0.508 e. The van der Waals surface area contributed by atoms with E-state index < -0.39 is 0 Å². The molecule has 1 unspecified atom stereocenters. The second-order valence-corrected chi connectivity index (χ2v) is 7.71.